The highest BCUT2D eigenvalue weighted by Crippen LogP contribution is 2.29. The van der Waals surface area contributed by atoms with Crippen molar-refractivity contribution in [1.29, 1.82) is 0 Å². The number of hydrogen-bond donors (Lipinski definition) is 3. The van der Waals surface area contributed by atoms with Gasteiger partial charge >= 0.3 is 0 Å². The van der Waals surface area contributed by atoms with E-state index in [1.54, 1.807) is 14.0 Å². The normalized spacial score (nSPS) is 23.0. The van der Waals surface area contributed by atoms with Crippen molar-refractivity contribution in [3.05, 3.63) is 35.4 Å². The van der Waals surface area contributed by atoms with E-state index in [0.717, 1.165) is 30.3 Å². The van der Waals surface area contributed by atoms with Gasteiger partial charge < -0.3 is 26.0 Å². The number of rotatable bonds is 7. The van der Waals surface area contributed by atoms with Crippen molar-refractivity contribution in [3.8, 4) is 0 Å². The van der Waals surface area contributed by atoms with Gasteiger partial charge in [0, 0.05) is 37.7 Å². The molecule has 2 aromatic rings. The van der Waals surface area contributed by atoms with E-state index in [9.17, 15) is 4.79 Å². The molecule has 1 aliphatic carbocycles. The number of aryl methyl sites for hydroxylation is 1. The average molecular weight is 454 g/mol. The van der Waals surface area contributed by atoms with Crippen LogP contribution in [-0.4, -0.2) is 55.4 Å². The third-order valence-corrected chi connectivity index (χ3v) is 7.09. The molecule has 180 valence electrons. The zero-order valence-corrected chi connectivity index (χ0v) is 20.3. The maximum atomic E-state index is 13.1. The number of nitrogens with two attached hydrogens (primary N) is 1. The Labute approximate surface area is 197 Å². The Morgan fingerprint density at radius 1 is 1.24 bits per heavy atom. The van der Waals surface area contributed by atoms with Crippen molar-refractivity contribution in [2.45, 2.75) is 83.1 Å². The summed E-state index contributed by atoms with van der Waals surface area (Å²) in [5.74, 6) is 0.524. The minimum atomic E-state index is -0.430. The van der Waals surface area contributed by atoms with Gasteiger partial charge in [0.15, 0.2) is 0 Å². The standard InChI is InChI=1S/C26H39N5O2/c1-4-18-10-11-22-19(14-18)15-21(26(32)28-17(2)27)25(30-22)31-13-12-23(24(16-31)33-3)29-20-8-6-5-7-9-20/h10-11,14-15,17,20,23-24,29H,4-9,12-13,16,27H2,1-3H3,(H,28,32). The molecular weight excluding hydrogens is 414 g/mol. The molecule has 0 bridgehead atoms. The van der Waals surface area contributed by atoms with Crippen LogP contribution in [0.2, 0.25) is 0 Å². The molecular formula is C26H39N5O2. The van der Waals surface area contributed by atoms with Crippen LogP contribution in [0.25, 0.3) is 10.9 Å². The number of aromatic nitrogens is 1. The summed E-state index contributed by atoms with van der Waals surface area (Å²) in [5, 5.41) is 7.69. The number of nitrogens with one attached hydrogen (secondary N) is 2. The number of piperidine rings is 1. The SMILES string of the molecule is CCc1ccc2nc(N3CCC(NC4CCCCC4)C(OC)C3)c(C(=O)NC(C)N)cc2c1. The maximum absolute atomic E-state index is 13.1. The third kappa shape index (κ3) is 5.65. The lowest BCUT2D eigenvalue weighted by Gasteiger charge is -2.41. The number of ether oxygens (including phenoxy) is 1. The number of carbonyl (C=O) groups excluding carboxylic acids is 1. The summed E-state index contributed by atoms with van der Waals surface area (Å²) in [6, 6.07) is 9.15. The van der Waals surface area contributed by atoms with Crippen LogP contribution in [0.1, 0.15) is 68.3 Å². The summed E-state index contributed by atoms with van der Waals surface area (Å²) in [7, 11) is 1.79. The summed E-state index contributed by atoms with van der Waals surface area (Å²) >= 11 is 0. The van der Waals surface area contributed by atoms with E-state index in [2.05, 4.69) is 40.7 Å². The molecule has 7 heteroatoms. The van der Waals surface area contributed by atoms with Crippen molar-refractivity contribution in [1.82, 2.24) is 15.6 Å². The molecule has 2 aliphatic rings. The average Bonchev–Trinajstić information content (AvgIpc) is 2.83. The second-order valence-corrected chi connectivity index (χ2v) is 9.62. The first-order chi connectivity index (χ1) is 16.0. The lowest BCUT2D eigenvalue weighted by molar-refractivity contribution is 0.0533. The highest BCUT2D eigenvalue weighted by Gasteiger charge is 2.33. The molecule has 0 spiro atoms. The number of benzene rings is 1. The molecule has 4 rings (SSSR count). The molecule has 1 saturated heterocycles. The molecule has 7 nitrogen and oxygen atoms in total. The van der Waals surface area contributed by atoms with Crippen molar-refractivity contribution in [2.24, 2.45) is 5.73 Å². The molecule has 0 radical (unpaired) electrons. The van der Waals surface area contributed by atoms with E-state index in [-0.39, 0.29) is 12.0 Å². The molecule has 1 aromatic heterocycles. The molecule has 3 unspecified atom stereocenters. The van der Waals surface area contributed by atoms with Gasteiger partial charge in [-0.2, -0.15) is 0 Å². The number of amides is 1. The zero-order chi connectivity index (χ0) is 23.4. The van der Waals surface area contributed by atoms with E-state index < -0.39 is 6.17 Å². The van der Waals surface area contributed by atoms with Gasteiger partial charge in [0.1, 0.15) is 5.82 Å². The van der Waals surface area contributed by atoms with Gasteiger partial charge in [-0.05, 0) is 56.4 Å². The molecule has 33 heavy (non-hydrogen) atoms. The van der Waals surface area contributed by atoms with Gasteiger partial charge in [-0.1, -0.05) is 32.3 Å². The summed E-state index contributed by atoms with van der Waals surface area (Å²) in [5.41, 5.74) is 8.57. The van der Waals surface area contributed by atoms with Gasteiger partial charge in [-0.3, -0.25) is 4.79 Å². The molecule has 1 aliphatic heterocycles. The summed E-state index contributed by atoms with van der Waals surface area (Å²) in [4.78, 5) is 20.3. The number of nitrogens with zero attached hydrogens (tertiary/aromatic N) is 2. The lowest BCUT2D eigenvalue weighted by Crippen LogP contribution is -2.56. The highest BCUT2D eigenvalue weighted by atomic mass is 16.5. The van der Waals surface area contributed by atoms with Crippen LogP contribution in [0.15, 0.2) is 24.3 Å². The molecule has 2 heterocycles. The Hall–Kier alpha value is -2.22. The number of anilines is 1. The number of fused-ring (bicyclic) bond motifs is 1. The lowest BCUT2D eigenvalue weighted by atomic mass is 9.92. The number of carbonyl (C=O) groups is 1. The van der Waals surface area contributed by atoms with Gasteiger partial charge in [-0.25, -0.2) is 4.98 Å². The first kappa shape index (κ1) is 23.9. The fraction of sp³-hybridized carbons (Fsp3) is 0.615. The minimum Gasteiger partial charge on any atom is -0.378 e. The smallest absolute Gasteiger partial charge is 0.256 e. The predicted octanol–water partition coefficient (Wildman–Crippen LogP) is 3.35. The van der Waals surface area contributed by atoms with Gasteiger partial charge in [0.2, 0.25) is 0 Å². The first-order valence-electron chi connectivity index (χ1n) is 12.5. The first-order valence-corrected chi connectivity index (χ1v) is 12.5. The number of methoxy groups -OCH3 is 1. The van der Waals surface area contributed by atoms with E-state index in [4.69, 9.17) is 15.5 Å². The third-order valence-electron chi connectivity index (χ3n) is 7.09. The summed E-state index contributed by atoms with van der Waals surface area (Å²) < 4.78 is 5.93. The van der Waals surface area contributed by atoms with E-state index in [1.807, 2.05) is 6.07 Å². The predicted molar refractivity (Wildman–Crippen MR) is 134 cm³/mol. The monoisotopic (exact) mass is 453 g/mol. The van der Waals surface area contributed by atoms with Crippen molar-refractivity contribution in [3.63, 3.8) is 0 Å². The Bertz CT molecular complexity index is 957. The molecule has 1 aromatic carbocycles. The van der Waals surface area contributed by atoms with E-state index in [0.29, 0.717) is 30.0 Å². The van der Waals surface area contributed by atoms with Crippen LogP contribution in [0.4, 0.5) is 5.82 Å². The van der Waals surface area contributed by atoms with Gasteiger partial charge in [0.25, 0.3) is 5.91 Å². The van der Waals surface area contributed by atoms with Gasteiger partial charge in [0.05, 0.1) is 23.3 Å². The fourth-order valence-corrected chi connectivity index (χ4v) is 5.24. The highest BCUT2D eigenvalue weighted by molar-refractivity contribution is 6.02. The second kappa shape index (κ2) is 10.8. The van der Waals surface area contributed by atoms with Crippen molar-refractivity contribution >= 4 is 22.6 Å². The Kier molecular flexibility index (Phi) is 7.83. The van der Waals surface area contributed by atoms with Crippen LogP contribution in [0.5, 0.6) is 0 Å². The van der Waals surface area contributed by atoms with Crippen molar-refractivity contribution in [2.75, 3.05) is 25.1 Å². The molecule has 1 amide bonds. The van der Waals surface area contributed by atoms with Crippen LogP contribution in [0.3, 0.4) is 0 Å². The second-order valence-electron chi connectivity index (χ2n) is 9.62. The molecule has 4 N–H and O–H groups in total. The fourth-order valence-electron chi connectivity index (χ4n) is 5.24. The van der Waals surface area contributed by atoms with Crippen LogP contribution < -0.4 is 21.3 Å². The van der Waals surface area contributed by atoms with E-state index >= 15 is 0 Å². The van der Waals surface area contributed by atoms with E-state index in [1.165, 1.54) is 37.7 Å². The quantitative estimate of drug-likeness (QED) is 0.557. The molecule has 3 atom stereocenters. The largest absolute Gasteiger partial charge is 0.378 e. The van der Waals surface area contributed by atoms with Crippen LogP contribution in [-0.2, 0) is 11.2 Å². The van der Waals surface area contributed by atoms with Crippen LogP contribution >= 0.6 is 0 Å². The topological polar surface area (TPSA) is 92.5 Å². The number of hydrogen-bond acceptors (Lipinski definition) is 6. The van der Waals surface area contributed by atoms with Gasteiger partial charge in [-0.15, -0.1) is 0 Å². The Morgan fingerprint density at radius 3 is 2.73 bits per heavy atom. The van der Waals surface area contributed by atoms with Crippen molar-refractivity contribution < 1.29 is 9.53 Å². The number of pyridine rings is 1. The summed E-state index contributed by atoms with van der Waals surface area (Å²) in [6.07, 6.45) is 8.00. The Balaban J connectivity index is 1.61. The molecule has 2 fully saturated rings. The van der Waals surface area contributed by atoms with Crippen LogP contribution in [0, 0.1) is 0 Å². The Morgan fingerprint density at radius 2 is 2.03 bits per heavy atom. The summed E-state index contributed by atoms with van der Waals surface area (Å²) in [6.45, 7) is 5.42. The minimum absolute atomic E-state index is 0.0463. The maximum Gasteiger partial charge on any atom is 0.256 e. The molecule has 1 saturated carbocycles. The zero-order valence-electron chi connectivity index (χ0n) is 20.3.